The van der Waals surface area contributed by atoms with Crippen LogP contribution in [0.5, 0.6) is 11.5 Å². The fraction of sp³-hybridized carbons (Fsp3) is 0.195. The van der Waals surface area contributed by atoms with Gasteiger partial charge in [0.2, 0.25) is 0 Å². The van der Waals surface area contributed by atoms with E-state index in [0.717, 1.165) is 72.5 Å². The first-order valence-corrected chi connectivity index (χ1v) is 17.6. The van der Waals surface area contributed by atoms with Crippen LogP contribution in [0.25, 0.3) is 33.2 Å². The minimum absolute atomic E-state index is 0.239. The summed E-state index contributed by atoms with van der Waals surface area (Å²) >= 11 is 0. The number of nitrogens with one attached hydrogen (secondary N) is 2. The first-order chi connectivity index (χ1) is 26.1. The number of anilines is 4. The molecule has 12 nitrogen and oxygen atoms in total. The van der Waals surface area contributed by atoms with Crippen LogP contribution in [0.4, 0.5) is 22.9 Å². The van der Waals surface area contributed by atoms with Gasteiger partial charge in [-0.15, -0.1) is 0 Å². The Balaban J connectivity index is 1.23. The highest BCUT2D eigenvalue weighted by Gasteiger charge is 2.23. The van der Waals surface area contributed by atoms with Crippen LogP contribution in [0, 0.1) is 0 Å². The molecule has 0 spiro atoms. The molecule has 4 heterocycles. The van der Waals surface area contributed by atoms with Gasteiger partial charge in [-0.2, -0.15) is 5.10 Å². The third kappa shape index (κ3) is 7.50. The summed E-state index contributed by atoms with van der Waals surface area (Å²) in [6.07, 6.45) is 5.85. The van der Waals surface area contributed by atoms with Gasteiger partial charge in [-0.3, -0.25) is 24.7 Å². The summed E-state index contributed by atoms with van der Waals surface area (Å²) in [5.41, 5.74) is 5.23. The summed E-state index contributed by atoms with van der Waals surface area (Å²) in [4.78, 5) is 31.9. The predicted octanol–water partition coefficient (Wildman–Crippen LogP) is 7.40. The number of aromatic nitrogens is 5. The smallest absolute Gasteiger partial charge is 0.255 e. The summed E-state index contributed by atoms with van der Waals surface area (Å²) in [5, 5.41) is 12.0. The minimum atomic E-state index is -0.239. The molecule has 0 aliphatic carbocycles. The van der Waals surface area contributed by atoms with E-state index in [1.165, 1.54) is 0 Å². The zero-order valence-corrected chi connectivity index (χ0v) is 29.2. The molecule has 53 heavy (non-hydrogen) atoms. The number of amides is 1. The van der Waals surface area contributed by atoms with Crippen LogP contribution < -0.4 is 19.7 Å². The van der Waals surface area contributed by atoms with Crippen molar-refractivity contribution < 1.29 is 19.0 Å². The van der Waals surface area contributed by atoms with Crippen molar-refractivity contribution in [3.8, 4) is 22.9 Å². The molecule has 0 unspecified atom stereocenters. The van der Waals surface area contributed by atoms with Crippen molar-refractivity contribution in [3.05, 3.63) is 121 Å². The van der Waals surface area contributed by atoms with Crippen LogP contribution in [-0.4, -0.2) is 82.5 Å². The lowest BCUT2D eigenvalue weighted by molar-refractivity contribution is 0.0357. The number of carbonyl (C=O) groups is 1. The molecule has 1 aliphatic rings. The molecule has 0 bridgehead atoms. The standard InChI is InChI=1S/C41H38N8O4/c1-51-37-26-36-34(25-38(37)53-20-6-17-48-18-21-52-22-19-48)40(49(32-9-3-2-4-10-32)33-11-12-35-30(24-33)27-43-47-35)46-39(45-36)29-7-5-8-31(23-29)44-41(50)28-13-15-42-16-14-28/h2-5,7-16,23-27H,6,17-22H2,1H3,(H,43,47)(H,44,50). The summed E-state index contributed by atoms with van der Waals surface area (Å²) in [6, 6.07) is 31.0. The third-order valence-corrected chi connectivity index (χ3v) is 9.17. The average Bonchev–Trinajstić information content (AvgIpc) is 3.69. The number of benzene rings is 4. The van der Waals surface area contributed by atoms with E-state index in [1.807, 2.05) is 72.9 Å². The molecule has 2 N–H and O–H groups in total. The van der Waals surface area contributed by atoms with Gasteiger partial charge in [0, 0.05) is 77.1 Å². The Hall–Kier alpha value is -6.37. The Morgan fingerprint density at radius 2 is 1.75 bits per heavy atom. The van der Waals surface area contributed by atoms with Gasteiger partial charge in [-0.05, 0) is 67.1 Å². The van der Waals surface area contributed by atoms with Gasteiger partial charge in [-0.1, -0.05) is 30.3 Å². The second-order valence-electron chi connectivity index (χ2n) is 12.6. The Morgan fingerprint density at radius 3 is 2.58 bits per heavy atom. The van der Waals surface area contributed by atoms with E-state index >= 15 is 0 Å². The van der Waals surface area contributed by atoms with Gasteiger partial charge in [0.15, 0.2) is 17.3 Å². The van der Waals surface area contributed by atoms with E-state index < -0.39 is 0 Å². The number of morpholine rings is 1. The van der Waals surface area contributed by atoms with Crippen molar-refractivity contribution in [2.24, 2.45) is 0 Å². The van der Waals surface area contributed by atoms with Gasteiger partial charge in [0.05, 0.1) is 44.2 Å². The molecule has 7 aromatic rings. The van der Waals surface area contributed by atoms with Crippen molar-refractivity contribution in [1.29, 1.82) is 0 Å². The van der Waals surface area contributed by atoms with Crippen molar-refractivity contribution >= 4 is 50.6 Å². The number of aromatic amines is 1. The SMILES string of the molecule is COc1cc2nc(-c3cccc(NC(=O)c4ccncc4)c3)nc(N(c3ccccc3)c3ccc4[nH]ncc4c3)c2cc1OCCCN1CCOCC1. The number of rotatable bonds is 12. The van der Waals surface area contributed by atoms with Crippen LogP contribution in [0.2, 0.25) is 0 Å². The zero-order valence-electron chi connectivity index (χ0n) is 29.2. The molecule has 0 saturated carbocycles. The van der Waals surface area contributed by atoms with E-state index in [2.05, 4.69) is 48.5 Å². The van der Waals surface area contributed by atoms with Gasteiger partial charge in [0.1, 0.15) is 5.82 Å². The van der Waals surface area contributed by atoms with E-state index in [4.69, 9.17) is 24.2 Å². The molecular weight excluding hydrogens is 669 g/mol. The predicted molar refractivity (Wildman–Crippen MR) is 205 cm³/mol. The number of hydrogen-bond donors (Lipinski definition) is 2. The number of nitrogens with zero attached hydrogens (tertiary/aromatic N) is 6. The summed E-state index contributed by atoms with van der Waals surface area (Å²) in [6.45, 7) is 4.84. The van der Waals surface area contributed by atoms with E-state index in [9.17, 15) is 4.79 Å². The number of methoxy groups -OCH3 is 1. The van der Waals surface area contributed by atoms with Gasteiger partial charge < -0.3 is 19.5 Å². The van der Waals surface area contributed by atoms with Gasteiger partial charge in [-0.25, -0.2) is 9.97 Å². The van der Waals surface area contributed by atoms with Crippen LogP contribution in [0.15, 0.2) is 116 Å². The van der Waals surface area contributed by atoms with Crippen LogP contribution >= 0.6 is 0 Å². The summed E-state index contributed by atoms with van der Waals surface area (Å²) < 4.78 is 17.8. The maximum Gasteiger partial charge on any atom is 0.255 e. The molecule has 1 fully saturated rings. The number of H-pyrrole nitrogens is 1. The third-order valence-electron chi connectivity index (χ3n) is 9.17. The number of pyridine rings is 1. The maximum atomic E-state index is 13.0. The summed E-state index contributed by atoms with van der Waals surface area (Å²) in [5.74, 6) is 2.06. The molecule has 266 valence electrons. The van der Waals surface area contributed by atoms with Crippen LogP contribution in [-0.2, 0) is 4.74 Å². The van der Waals surface area contributed by atoms with Gasteiger partial charge in [0.25, 0.3) is 5.91 Å². The number of fused-ring (bicyclic) bond motifs is 2. The fourth-order valence-electron chi connectivity index (χ4n) is 6.47. The molecule has 0 atom stereocenters. The van der Waals surface area contributed by atoms with E-state index in [-0.39, 0.29) is 5.91 Å². The van der Waals surface area contributed by atoms with Crippen molar-refractivity contribution in [1.82, 2.24) is 30.0 Å². The fourth-order valence-corrected chi connectivity index (χ4v) is 6.47. The number of carbonyl (C=O) groups excluding carboxylic acids is 1. The van der Waals surface area contributed by atoms with E-state index in [0.29, 0.717) is 46.5 Å². The largest absolute Gasteiger partial charge is 0.493 e. The second kappa shape index (κ2) is 15.5. The molecule has 4 aromatic carbocycles. The molecule has 8 rings (SSSR count). The monoisotopic (exact) mass is 706 g/mol. The molecular formula is C41H38N8O4. The normalized spacial score (nSPS) is 13.2. The minimum Gasteiger partial charge on any atom is -0.493 e. The molecule has 3 aromatic heterocycles. The maximum absolute atomic E-state index is 13.0. The van der Waals surface area contributed by atoms with Crippen LogP contribution in [0.1, 0.15) is 16.8 Å². The highest BCUT2D eigenvalue weighted by atomic mass is 16.5. The number of para-hydroxylation sites is 1. The Labute approximate surface area is 306 Å². The number of ether oxygens (including phenoxy) is 3. The summed E-state index contributed by atoms with van der Waals surface area (Å²) in [7, 11) is 1.64. The molecule has 1 amide bonds. The quantitative estimate of drug-likeness (QED) is 0.124. The molecule has 1 aliphatic heterocycles. The lowest BCUT2D eigenvalue weighted by Crippen LogP contribution is -2.37. The molecule has 1 saturated heterocycles. The van der Waals surface area contributed by atoms with E-state index in [1.54, 1.807) is 31.6 Å². The number of hydrogen-bond acceptors (Lipinski definition) is 10. The Bertz CT molecular complexity index is 2350. The van der Waals surface area contributed by atoms with Crippen molar-refractivity contribution in [3.63, 3.8) is 0 Å². The van der Waals surface area contributed by atoms with Crippen LogP contribution in [0.3, 0.4) is 0 Å². The van der Waals surface area contributed by atoms with Gasteiger partial charge >= 0.3 is 0 Å². The first-order valence-electron chi connectivity index (χ1n) is 17.6. The second-order valence-corrected chi connectivity index (χ2v) is 12.6. The lowest BCUT2D eigenvalue weighted by Gasteiger charge is -2.27. The molecule has 12 heteroatoms. The Morgan fingerprint density at radius 1 is 0.906 bits per heavy atom. The molecule has 0 radical (unpaired) electrons. The average molecular weight is 707 g/mol. The first kappa shape index (κ1) is 33.8. The highest BCUT2D eigenvalue weighted by molar-refractivity contribution is 6.04. The highest BCUT2D eigenvalue weighted by Crippen LogP contribution is 2.42. The Kier molecular flexibility index (Phi) is 9.86. The topological polar surface area (TPSA) is 131 Å². The lowest BCUT2D eigenvalue weighted by atomic mass is 10.1. The zero-order chi connectivity index (χ0) is 36.0. The van der Waals surface area contributed by atoms with Crippen molar-refractivity contribution in [2.75, 3.05) is 56.8 Å². The van der Waals surface area contributed by atoms with Crippen molar-refractivity contribution in [2.45, 2.75) is 6.42 Å².